The van der Waals surface area contributed by atoms with Gasteiger partial charge in [-0.1, -0.05) is 42.6 Å². The number of hydrogen-bond donors (Lipinski definition) is 1. The highest BCUT2D eigenvalue weighted by Gasteiger charge is 2.22. The predicted octanol–water partition coefficient (Wildman–Crippen LogP) is 4.94. The molecule has 198 valence electrons. The maximum Gasteiger partial charge on any atom is 0.196 e. The first-order chi connectivity index (χ1) is 18.9. The van der Waals surface area contributed by atoms with Gasteiger partial charge in [-0.2, -0.15) is 5.26 Å². The van der Waals surface area contributed by atoms with E-state index in [4.69, 9.17) is 19.9 Å². The second kappa shape index (κ2) is 12.7. The van der Waals surface area contributed by atoms with Gasteiger partial charge < -0.3 is 19.9 Å². The van der Waals surface area contributed by atoms with Gasteiger partial charge in [0.2, 0.25) is 0 Å². The second-order valence-electron chi connectivity index (χ2n) is 8.40. The Morgan fingerprint density at radius 3 is 2.36 bits per heavy atom. The number of benzene rings is 3. The summed E-state index contributed by atoms with van der Waals surface area (Å²) in [7, 11) is 3.17. The molecule has 0 fully saturated rings. The van der Waals surface area contributed by atoms with Crippen LogP contribution in [0.15, 0.2) is 90.2 Å². The van der Waals surface area contributed by atoms with Crippen molar-refractivity contribution in [2.45, 2.75) is 11.6 Å². The Kier molecular flexibility index (Phi) is 8.86. The summed E-state index contributed by atoms with van der Waals surface area (Å²) in [6, 6.07) is 24.5. The standard InChI is InChI=1S/C29H27N5O4S/c1-19(31)24(17-30)25(35)18-39-29-33-32-28(16-20-9-14-26(36-2)27(15-20)37-3)34(29)21-10-12-23(13-11-21)38-22-7-5-4-6-8-22/h4-15,24H,1,16,18,31H2,2-3H3/t24-/m0/s1. The monoisotopic (exact) mass is 541 g/mol. The third kappa shape index (κ3) is 6.58. The Morgan fingerprint density at radius 2 is 1.72 bits per heavy atom. The van der Waals surface area contributed by atoms with Crippen molar-refractivity contribution < 1.29 is 19.0 Å². The Hall–Kier alpha value is -4.75. The number of methoxy groups -OCH3 is 2. The van der Waals surface area contributed by atoms with E-state index in [9.17, 15) is 10.1 Å². The fraction of sp³-hybridized carbons (Fsp3) is 0.172. The SMILES string of the molecule is C=C(N)[C@H](C#N)C(=O)CSc1nnc(Cc2ccc(OC)c(OC)c2)n1-c1ccc(Oc2ccccc2)cc1. The van der Waals surface area contributed by atoms with Crippen LogP contribution in [0.25, 0.3) is 5.69 Å². The van der Waals surface area contributed by atoms with E-state index >= 15 is 0 Å². The van der Waals surface area contributed by atoms with Crippen molar-refractivity contribution in [3.05, 3.63) is 96.5 Å². The molecule has 0 bridgehead atoms. The van der Waals surface area contributed by atoms with Gasteiger partial charge in [-0.05, 0) is 54.1 Å². The van der Waals surface area contributed by atoms with Crippen molar-refractivity contribution in [2.24, 2.45) is 11.7 Å². The van der Waals surface area contributed by atoms with E-state index in [1.165, 1.54) is 11.8 Å². The number of hydrogen-bond acceptors (Lipinski definition) is 9. The van der Waals surface area contributed by atoms with Crippen LogP contribution in [-0.2, 0) is 11.2 Å². The highest BCUT2D eigenvalue weighted by atomic mass is 32.2. The van der Waals surface area contributed by atoms with E-state index in [-0.39, 0.29) is 17.2 Å². The molecule has 0 amide bonds. The lowest BCUT2D eigenvalue weighted by atomic mass is 10.1. The van der Waals surface area contributed by atoms with Crippen molar-refractivity contribution in [2.75, 3.05) is 20.0 Å². The number of aromatic nitrogens is 3. The average Bonchev–Trinajstić information content (AvgIpc) is 3.35. The number of nitrogens with zero attached hydrogens (tertiary/aromatic N) is 4. The normalized spacial score (nSPS) is 11.3. The molecule has 0 saturated carbocycles. The van der Waals surface area contributed by atoms with Crippen molar-refractivity contribution in [1.29, 1.82) is 5.26 Å². The third-order valence-electron chi connectivity index (χ3n) is 5.75. The van der Waals surface area contributed by atoms with Crippen molar-refractivity contribution >= 4 is 17.5 Å². The van der Waals surface area contributed by atoms with E-state index in [0.29, 0.717) is 34.7 Å². The van der Waals surface area contributed by atoms with Gasteiger partial charge in [0.25, 0.3) is 0 Å². The first-order valence-corrected chi connectivity index (χ1v) is 12.9. The largest absolute Gasteiger partial charge is 0.493 e. The number of ether oxygens (including phenoxy) is 3. The lowest BCUT2D eigenvalue weighted by Crippen LogP contribution is -2.21. The van der Waals surface area contributed by atoms with Crippen LogP contribution in [0.3, 0.4) is 0 Å². The van der Waals surface area contributed by atoms with Crippen molar-refractivity contribution in [3.63, 3.8) is 0 Å². The lowest BCUT2D eigenvalue weighted by molar-refractivity contribution is -0.117. The minimum atomic E-state index is -1.07. The van der Waals surface area contributed by atoms with Gasteiger partial charge in [-0.15, -0.1) is 10.2 Å². The van der Waals surface area contributed by atoms with Crippen LogP contribution < -0.4 is 19.9 Å². The summed E-state index contributed by atoms with van der Waals surface area (Å²) in [6.45, 7) is 3.54. The van der Waals surface area contributed by atoms with Crippen LogP contribution in [0.5, 0.6) is 23.0 Å². The minimum Gasteiger partial charge on any atom is -0.493 e. The van der Waals surface area contributed by atoms with Crippen LogP contribution in [0.2, 0.25) is 0 Å². The third-order valence-corrected chi connectivity index (χ3v) is 6.70. The number of Topliss-reactive ketones (excluding diaryl/α,β-unsaturated/α-hetero) is 1. The number of nitrogens with two attached hydrogens (primary N) is 1. The highest BCUT2D eigenvalue weighted by molar-refractivity contribution is 7.99. The predicted molar refractivity (Wildman–Crippen MR) is 148 cm³/mol. The molecule has 1 aromatic heterocycles. The van der Waals surface area contributed by atoms with Crippen LogP contribution in [0.4, 0.5) is 0 Å². The van der Waals surface area contributed by atoms with Crippen LogP contribution >= 0.6 is 11.8 Å². The molecule has 0 spiro atoms. The van der Waals surface area contributed by atoms with Gasteiger partial charge in [-0.25, -0.2) is 0 Å². The number of nitriles is 1. The topological polar surface area (TPSA) is 125 Å². The number of carbonyl (C=O) groups excluding carboxylic acids is 1. The molecular formula is C29H27N5O4S. The van der Waals surface area contributed by atoms with Gasteiger partial charge in [0.05, 0.1) is 26.0 Å². The van der Waals surface area contributed by atoms with E-state index in [1.807, 2.05) is 83.4 Å². The number of carbonyl (C=O) groups is 1. The molecule has 0 radical (unpaired) electrons. The fourth-order valence-electron chi connectivity index (χ4n) is 3.81. The van der Waals surface area contributed by atoms with Gasteiger partial charge in [-0.3, -0.25) is 9.36 Å². The average molecular weight is 542 g/mol. The Labute approximate surface area is 230 Å². The van der Waals surface area contributed by atoms with E-state index < -0.39 is 5.92 Å². The first-order valence-electron chi connectivity index (χ1n) is 11.9. The van der Waals surface area contributed by atoms with Gasteiger partial charge in [0.1, 0.15) is 23.2 Å². The fourth-order valence-corrected chi connectivity index (χ4v) is 4.69. The summed E-state index contributed by atoms with van der Waals surface area (Å²) < 4.78 is 18.6. The first kappa shape index (κ1) is 27.3. The molecule has 0 unspecified atom stereocenters. The molecule has 0 saturated heterocycles. The molecule has 4 rings (SSSR count). The Bertz CT molecular complexity index is 1500. The van der Waals surface area contributed by atoms with Crippen molar-refractivity contribution in [3.8, 4) is 34.8 Å². The van der Waals surface area contributed by atoms with Crippen LogP contribution in [-0.4, -0.2) is 40.5 Å². The van der Waals surface area contributed by atoms with Gasteiger partial charge in [0.15, 0.2) is 22.4 Å². The minimum absolute atomic E-state index is 0.0157. The number of rotatable bonds is 12. The Balaban J connectivity index is 1.65. The molecule has 3 aromatic carbocycles. The molecule has 10 heteroatoms. The van der Waals surface area contributed by atoms with Gasteiger partial charge in [0, 0.05) is 17.8 Å². The molecule has 39 heavy (non-hydrogen) atoms. The van der Waals surface area contributed by atoms with Crippen molar-refractivity contribution in [1.82, 2.24) is 14.8 Å². The molecular weight excluding hydrogens is 514 g/mol. The smallest absolute Gasteiger partial charge is 0.196 e. The summed E-state index contributed by atoms with van der Waals surface area (Å²) in [4.78, 5) is 12.6. The molecule has 1 atom stereocenters. The zero-order valence-corrected chi connectivity index (χ0v) is 22.4. The zero-order chi connectivity index (χ0) is 27.8. The Morgan fingerprint density at radius 1 is 1.03 bits per heavy atom. The molecule has 1 heterocycles. The summed E-state index contributed by atoms with van der Waals surface area (Å²) in [5.41, 5.74) is 7.37. The zero-order valence-electron chi connectivity index (χ0n) is 21.5. The summed E-state index contributed by atoms with van der Waals surface area (Å²) in [5, 5.41) is 18.6. The maximum absolute atomic E-state index is 12.6. The van der Waals surface area contributed by atoms with Crippen LogP contribution in [0.1, 0.15) is 11.4 Å². The van der Waals surface area contributed by atoms with Crippen LogP contribution in [0, 0.1) is 17.2 Å². The maximum atomic E-state index is 12.6. The molecule has 0 aliphatic carbocycles. The summed E-state index contributed by atoms with van der Waals surface area (Å²) >= 11 is 1.18. The number of para-hydroxylation sites is 1. The number of ketones is 1. The molecule has 0 aliphatic rings. The quantitative estimate of drug-likeness (QED) is 0.248. The molecule has 2 N–H and O–H groups in total. The lowest BCUT2D eigenvalue weighted by Gasteiger charge is -2.13. The molecule has 4 aromatic rings. The summed E-state index contributed by atoms with van der Waals surface area (Å²) in [6.07, 6.45) is 0.435. The van der Waals surface area contributed by atoms with E-state index in [2.05, 4.69) is 16.8 Å². The van der Waals surface area contributed by atoms with E-state index in [0.717, 1.165) is 17.0 Å². The molecule has 9 nitrogen and oxygen atoms in total. The summed E-state index contributed by atoms with van der Waals surface area (Å²) in [5.74, 6) is 1.83. The van der Waals surface area contributed by atoms with Gasteiger partial charge >= 0.3 is 0 Å². The highest BCUT2D eigenvalue weighted by Crippen LogP contribution is 2.31. The number of thioether (sulfide) groups is 1. The molecule has 0 aliphatic heterocycles. The van der Waals surface area contributed by atoms with E-state index in [1.54, 1.807) is 14.2 Å². The number of allylic oxidation sites excluding steroid dienone is 1. The second-order valence-corrected chi connectivity index (χ2v) is 9.34.